The van der Waals surface area contributed by atoms with Gasteiger partial charge in [-0.2, -0.15) is 9.61 Å². The van der Waals surface area contributed by atoms with Crippen LogP contribution in [0.5, 0.6) is 0 Å². The third-order valence-electron chi connectivity index (χ3n) is 5.82. The van der Waals surface area contributed by atoms with Crippen molar-refractivity contribution in [1.29, 1.82) is 0 Å². The maximum absolute atomic E-state index is 4.98. The minimum absolute atomic E-state index is 0.295. The van der Waals surface area contributed by atoms with E-state index in [4.69, 9.17) is 5.10 Å². The highest BCUT2D eigenvalue weighted by Gasteiger charge is 2.33. The number of hydrogen-bond donors (Lipinski definition) is 0. The first-order chi connectivity index (χ1) is 13.1. The average Bonchev–Trinajstić information content (AvgIpc) is 3.34. The molecule has 0 bridgehead atoms. The molecule has 5 rings (SSSR count). The number of benzene rings is 1. The van der Waals surface area contributed by atoms with Crippen LogP contribution in [-0.2, 0) is 7.05 Å². The van der Waals surface area contributed by atoms with E-state index in [1.165, 1.54) is 11.3 Å². The summed E-state index contributed by atoms with van der Waals surface area (Å²) in [6.07, 6.45) is 2.26. The van der Waals surface area contributed by atoms with Crippen LogP contribution in [0.15, 0.2) is 24.3 Å². The van der Waals surface area contributed by atoms with Gasteiger partial charge in [0.05, 0.1) is 11.7 Å². The van der Waals surface area contributed by atoms with Gasteiger partial charge in [-0.15, -0.1) is 15.3 Å². The SMILES string of the molecule is Cc1nn(C)c(C)c1[C@@H]1CCCN1c1nn2c(C)nnc2c2ccccc12. The fraction of sp³-hybridized carbons (Fsp3) is 0.400. The molecule has 0 radical (unpaired) electrons. The van der Waals surface area contributed by atoms with Crippen LogP contribution >= 0.6 is 0 Å². The molecule has 0 aliphatic carbocycles. The average molecular weight is 361 g/mol. The molecule has 0 spiro atoms. The van der Waals surface area contributed by atoms with Gasteiger partial charge in [-0.3, -0.25) is 4.68 Å². The van der Waals surface area contributed by atoms with E-state index in [2.05, 4.69) is 52.2 Å². The second-order valence-corrected chi connectivity index (χ2v) is 7.41. The Balaban J connectivity index is 1.75. The Morgan fingerprint density at radius 1 is 1.00 bits per heavy atom. The number of aryl methyl sites for hydroxylation is 3. The first kappa shape index (κ1) is 16.2. The van der Waals surface area contributed by atoms with Crippen molar-refractivity contribution in [3.8, 4) is 0 Å². The van der Waals surface area contributed by atoms with Gasteiger partial charge in [0.2, 0.25) is 0 Å². The van der Waals surface area contributed by atoms with Crippen LogP contribution in [0.25, 0.3) is 16.4 Å². The predicted octanol–water partition coefficient (Wildman–Crippen LogP) is 3.28. The third kappa shape index (κ3) is 2.27. The Bertz CT molecular complexity index is 1170. The zero-order chi connectivity index (χ0) is 18.7. The van der Waals surface area contributed by atoms with Crippen LogP contribution in [-0.4, -0.2) is 36.1 Å². The Hall–Kier alpha value is -2.96. The second kappa shape index (κ2) is 5.77. The highest BCUT2D eigenvalue weighted by molar-refractivity contribution is 6.00. The maximum atomic E-state index is 4.98. The molecule has 4 aromatic rings. The standard InChI is InChI=1S/C20H23N7/c1-12-18(13(2)25(4)23-12)17-10-7-11-26(17)20-16-9-6-5-8-15(16)19-22-21-14(3)27(19)24-20/h5-6,8-9,17H,7,10-11H2,1-4H3/t17-/m0/s1. The molecule has 1 aromatic carbocycles. The molecule has 27 heavy (non-hydrogen) atoms. The van der Waals surface area contributed by atoms with E-state index in [-0.39, 0.29) is 0 Å². The molecular formula is C20H23N7. The van der Waals surface area contributed by atoms with Crippen LogP contribution < -0.4 is 4.90 Å². The van der Waals surface area contributed by atoms with Gasteiger partial charge in [-0.25, -0.2) is 0 Å². The topological polar surface area (TPSA) is 64.1 Å². The van der Waals surface area contributed by atoms with E-state index in [1.807, 2.05) is 29.2 Å². The zero-order valence-electron chi connectivity index (χ0n) is 16.1. The first-order valence-corrected chi connectivity index (χ1v) is 9.43. The molecule has 138 valence electrons. The molecule has 3 aromatic heterocycles. The fourth-order valence-corrected chi connectivity index (χ4v) is 4.47. The Labute approximate surface area is 157 Å². The predicted molar refractivity (Wildman–Crippen MR) is 105 cm³/mol. The molecule has 4 heterocycles. The van der Waals surface area contributed by atoms with Gasteiger partial charge in [0.1, 0.15) is 0 Å². The highest BCUT2D eigenvalue weighted by Crippen LogP contribution is 2.40. The molecule has 0 unspecified atom stereocenters. The monoisotopic (exact) mass is 361 g/mol. The molecule has 1 saturated heterocycles. The van der Waals surface area contributed by atoms with Crippen molar-refractivity contribution in [1.82, 2.24) is 29.6 Å². The molecular weight excluding hydrogens is 338 g/mol. The van der Waals surface area contributed by atoms with E-state index < -0.39 is 0 Å². The second-order valence-electron chi connectivity index (χ2n) is 7.41. The Morgan fingerprint density at radius 2 is 1.78 bits per heavy atom. The van der Waals surface area contributed by atoms with Gasteiger partial charge in [0.25, 0.3) is 0 Å². The van der Waals surface area contributed by atoms with Crippen LogP contribution in [0.3, 0.4) is 0 Å². The summed E-state index contributed by atoms with van der Waals surface area (Å²) in [6.45, 7) is 7.20. The van der Waals surface area contributed by atoms with Crippen molar-refractivity contribution in [3.05, 3.63) is 47.0 Å². The minimum Gasteiger partial charge on any atom is -0.347 e. The van der Waals surface area contributed by atoms with Crippen molar-refractivity contribution in [2.24, 2.45) is 7.05 Å². The summed E-state index contributed by atoms with van der Waals surface area (Å²) in [5.41, 5.74) is 4.49. The normalized spacial score (nSPS) is 17.5. The van der Waals surface area contributed by atoms with E-state index in [9.17, 15) is 0 Å². The number of fused-ring (bicyclic) bond motifs is 3. The summed E-state index contributed by atoms with van der Waals surface area (Å²) in [7, 11) is 2.02. The molecule has 0 N–H and O–H groups in total. The van der Waals surface area contributed by atoms with Crippen LogP contribution in [0.1, 0.15) is 41.7 Å². The Morgan fingerprint density at radius 3 is 2.52 bits per heavy atom. The third-order valence-corrected chi connectivity index (χ3v) is 5.82. The van der Waals surface area contributed by atoms with Gasteiger partial charge in [-0.1, -0.05) is 24.3 Å². The maximum Gasteiger partial charge on any atom is 0.185 e. The van der Waals surface area contributed by atoms with E-state index in [0.29, 0.717) is 6.04 Å². The van der Waals surface area contributed by atoms with Gasteiger partial charge in [0.15, 0.2) is 17.3 Å². The lowest BCUT2D eigenvalue weighted by atomic mass is 10.0. The molecule has 0 saturated carbocycles. The number of nitrogens with zero attached hydrogens (tertiary/aromatic N) is 7. The number of aromatic nitrogens is 6. The van der Waals surface area contributed by atoms with Crippen molar-refractivity contribution in [2.45, 2.75) is 39.7 Å². The van der Waals surface area contributed by atoms with Gasteiger partial charge < -0.3 is 4.90 Å². The highest BCUT2D eigenvalue weighted by atomic mass is 15.4. The lowest BCUT2D eigenvalue weighted by Gasteiger charge is -2.27. The molecule has 7 nitrogen and oxygen atoms in total. The van der Waals surface area contributed by atoms with Crippen molar-refractivity contribution >= 4 is 22.2 Å². The summed E-state index contributed by atoms with van der Waals surface area (Å²) in [4.78, 5) is 2.44. The van der Waals surface area contributed by atoms with E-state index >= 15 is 0 Å². The number of rotatable bonds is 2. The van der Waals surface area contributed by atoms with Crippen LogP contribution in [0, 0.1) is 20.8 Å². The molecule has 1 atom stereocenters. The van der Waals surface area contributed by atoms with Crippen molar-refractivity contribution in [2.75, 3.05) is 11.4 Å². The first-order valence-electron chi connectivity index (χ1n) is 9.43. The molecule has 0 amide bonds. The van der Waals surface area contributed by atoms with Gasteiger partial charge in [0, 0.05) is 35.6 Å². The van der Waals surface area contributed by atoms with Gasteiger partial charge >= 0.3 is 0 Å². The summed E-state index contributed by atoms with van der Waals surface area (Å²) in [5.74, 6) is 1.81. The molecule has 1 fully saturated rings. The summed E-state index contributed by atoms with van der Waals surface area (Å²) in [6, 6.07) is 8.66. The number of anilines is 1. The van der Waals surface area contributed by atoms with E-state index in [1.54, 1.807) is 0 Å². The summed E-state index contributed by atoms with van der Waals surface area (Å²) in [5, 5.41) is 20.4. The zero-order valence-corrected chi connectivity index (χ0v) is 16.1. The summed E-state index contributed by atoms with van der Waals surface area (Å²) < 4.78 is 3.86. The minimum atomic E-state index is 0.295. The molecule has 1 aliphatic rings. The fourth-order valence-electron chi connectivity index (χ4n) is 4.47. The molecule has 7 heteroatoms. The largest absolute Gasteiger partial charge is 0.347 e. The Kier molecular flexibility index (Phi) is 3.47. The van der Waals surface area contributed by atoms with Crippen LogP contribution in [0.4, 0.5) is 5.82 Å². The summed E-state index contributed by atoms with van der Waals surface area (Å²) >= 11 is 0. The smallest absolute Gasteiger partial charge is 0.185 e. The lowest BCUT2D eigenvalue weighted by Crippen LogP contribution is -2.25. The molecule has 1 aliphatic heterocycles. The lowest BCUT2D eigenvalue weighted by molar-refractivity contribution is 0.688. The van der Waals surface area contributed by atoms with Gasteiger partial charge in [-0.05, 0) is 33.6 Å². The number of hydrogen-bond acceptors (Lipinski definition) is 5. The van der Waals surface area contributed by atoms with Crippen LogP contribution in [0.2, 0.25) is 0 Å². The van der Waals surface area contributed by atoms with Crippen molar-refractivity contribution in [3.63, 3.8) is 0 Å². The van der Waals surface area contributed by atoms with E-state index in [0.717, 1.165) is 53.1 Å². The van der Waals surface area contributed by atoms with Crippen molar-refractivity contribution < 1.29 is 0 Å². The quantitative estimate of drug-likeness (QED) is 0.548.